The Bertz CT molecular complexity index is 1930. The van der Waals surface area contributed by atoms with Crippen molar-refractivity contribution in [1.82, 2.24) is 0 Å². The van der Waals surface area contributed by atoms with Crippen LogP contribution in [0.2, 0.25) is 0 Å². The van der Waals surface area contributed by atoms with E-state index in [1.807, 2.05) is 0 Å². The smallest absolute Gasteiger partial charge is 0.343 e. The number of hydrogen-bond acceptors (Lipinski definition) is 12. The van der Waals surface area contributed by atoms with Crippen LogP contribution in [0.15, 0.2) is 122 Å². The minimum atomic E-state index is -0.616. The highest BCUT2D eigenvalue weighted by molar-refractivity contribution is 5.93. The van der Waals surface area contributed by atoms with Gasteiger partial charge < -0.3 is 28.4 Å². The van der Waals surface area contributed by atoms with Crippen LogP contribution in [0, 0.1) is 0 Å². The van der Waals surface area contributed by atoms with Crippen molar-refractivity contribution >= 4 is 35.8 Å². The van der Waals surface area contributed by atoms with Gasteiger partial charge in [-0.15, -0.1) is 0 Å². The van der Waals surface area contributed by atoms with Crippen LogP contribution in [-0.2, 0) is 19.1 Å². The maximum Gasteiger partial charge on any atom is 0.343 e. The Balaban J connectivity index is 1.03. The SMILES string of the molecule is C=CC(=O)Oc1ccc(C(=O)Oc2ccc(OC(=O)CCCCCCCCOC(=O)c3ccc(OC(=O)c4ccc(OC(=O)C=C)cc4)cc3)cc2)cc1. The van der Waals surface area contributed by atoms with Crippen molar-refractivity contribution in [3.63, 3.8) is 0 Å². The molecule has 0 aliphatic carbocycles. The van der Waals surface area contributed by atoms with Gasteiger partial charge in [-0.25, -0.2) is 24.0 Å². The zero-order valence-corrected chi connectivity index (χ0v) is 29.4. The van der Waals surface area contributed by atoms with E-state index in [-0.39, 0.29) is 53.1 Å². The Morgan fingerprint density at radius 1 is 0.407 bits per heavy atom. The molecular formula is C42H38O12. The summed E-state index contributed by atoms with van der Waals surface area (Å²) in [6, 6.07) is 23.8. The molecule has 12 nitrogen and oxygen atoms in total. The van der Waals surface area contributed by atoms with E-state index in [1.54, 1.807) is 0 Å². The molecule has 4 aromatic rings. The molecule has 0 aromatic heterocycles. The normalized spacial score (nSPS) is 10.3. The van der Waals surface area contributed by atoms with Crippen LogP contribution in [-0.4, -0.2) is 42.4 Å². The molecule has 0 radical (unpaired) electrons. The first-order valence-electron chi connectivity index (χ1n) is 17.0. The molecule has 0 aliphatic heterocycles. The van der Waals surface area contributed by atoms with Gasteiger partial charge in [-0.3, -0.25) is 4.79 Å². The zero-order valence-electron chi connectivity index (χ0n) is 29.4. The second kappa shape index (κ2) is 20.9. The van der Waals surface area contributed by atoms with Gasteiger partial charge in [-0.2, -0.15) is 0 Å². The summed E-state index contributed by atoms with van der Waals surface area (Å²) in [5.41, 5.74) is 0.830. The van der Waals surface area contributed by atoms with Crippen LogP contribution in [0.3, 0.4) is 0 Å². The number of ether oxygens (including phenoxy) is 6. The number of esters is 6. The van der Waals surface area contributed by atoms with E-state index in [4.69, 9.17) is 28.4 Å². The van der Waals surface area contributed by atoms with Crippen LogP contribution >= 0.6 is 0 Å². The fraction of sp³-hybridized carbons (Fsp3) is 0.190. The van der Waals surface area contributed by atoms with E-state index in [2.05, 4.69) is 13.2 Å². The molecule has 0 spiro atoms. The molecule has 0 amide bonds. The Kier molecular flexibility index (Phi) is 15.5. The van der Waals surface area contributed by atoms with E-state index in [9.17, 15) is 28.8 Å². The first-order valence-corrected chi connectivity index (χ1v) is 17.0. The summed E-state index contributed by atoms with van der Waals surface area (Å²) in [5.74, 6) is -1.92. The number of hydrogen-bond donors (Lipinski definition) is 0. The van der Waals surface area contributed by atoms with Crippen LogP contribution in [0.5, 0.6) is 28.7 Å². The Morgan fingerprint density at radius 2 is 0.741 bits per heavy atom. The second-order valence-corrected chi connectivity index (χ2v) is 11.6. The summed E-state index contributed by atoms with van der Waals surface area (Å²) in [7, 11) is 0. The number of carbonyl (C=O) groups is 6. The maximum absolute atomic E-state index is 12.4. The van der Waals surface area contributed by atoms with Crippen molar-refractivity contribution in [2.45, 2.75) is 44.9 Å². The third-order valence-corrected chi connectivity index (χ3v) is 7.53. The predicted molar refractivity (Wildman–Crippen MR) is 196 cm³/mol. The fourth-order valence-corrected chi connectivity index (χ4v) is 4.71. The lowest BCUT2D eigenvalue weighted by Crippen LogP contribution is -2.10. The molecule has 4 aromatic carbocycles. The minimum absolute atomic E-state index is 0.249. The molecule has 278 valence electrons. The van der Waals surface area contributed by atoms with Crippen LogP contribution in [0.1, 0.15) is 76.0 Å². The van der Waals surface area contributed by atoms with Crippen molar-refractivity contribution in [3.05, 3.63) is 139 Å². The van der Waals surface area contributed by atoms with Gasteiger partial charge in [0.2, 0.25) is 0 Å². The lowest BCUT2D eigenvalue weighted by Gasteiger charge is -2.08. The largest absolute Gasteiger partial charge is 0.462 e. The maximum atomic E-state index is 12.4. The molecule has 0 aliphatic rings. The molecule has 0 bridgehead atoms. The Hall–Kier alpha value is -6.82. The Labute approximate surface area is 311 Å². The molecule has 12 heteroatoms. The zero-order chi connectivity index (χ0) is 38.7. The van der Waals surface area contributed by atoms with E-state index in [1.165, 1.54) is 97.1 Å². The lowest BCUT2D eigenvalue weighted by molar-refractivity contribution is -0.134. The molecule has 54 heavy (non-hydrogen) atoms. The van der Waals surface area contributed by atoms with Gasteiger partial charge in [-0.1, -0.05) is 38.8 Å². The highest BCUT2D eigenvalue weighted by Crippen LogP contribution is 2.21. The van der Waals surface area contributed by atoms with Gasteiger partial charge in [0.05, 0.1) is 23.3 Å². The Morgan fingerprint density at radius 3 is 1.17 bits per heavy atom. The number of unbranched alkanes of at least 4 members (excludes halogenated alkanes) is 5. The number of rotatable bonds is 19. The van der Waals surface area contributed by atoms with Gasteiger partial charge in [0.25, 0.3) is 0 Å². The molecule has 0 saturated heterocycles. The van der Waals surface area contributed by atoms with E-state index in [0.717, 1.165) is 37.8 Å². The van der Waals surface area contributed by atoms with Gasteiger partial charge in [-0.05, 0) is 110 Å². The van der Waals surface area contributed by atoms with Gasteiger partial charge >= 0.3 is 35.8 Å². The van der Waals surface area contributed by atoms with Crippen LogP contribution < -0.4 is 23.7 Å². The summed E-state index contributed by atoms with van der Waals surface area (Å²) < 4.78 is 31.4. The van der Waals surface area contributed by atoms with Crippen molar-refractivity contribution in [2.75, 3.05) is 6.61 Å². The number of benzene rings is 4. The van der Waals surface area contributed by atoms with Crippen molar-refractivity contribution in [2.24, 2.45) is 0 Å². The quantitative estimate of drug-likeness (QED) is 0.0399. The summed E-state index contributed by atoms with van der Waals surface area (Å²) in [4.78, 5) is 72.1. The minimum Gasteiger partial charge on any atom is -0.462 e. The summed E-state index contributed by atoms with van der Waals surface area (Å²) in [5, 5.41) is 0. The average Bonchev–Trinajstić information content (AvgIpc) is 3.18. The van der Waals surface area contributed by atoms with E-state index < -0.39 is 29.8 Å². The van der Waals surface area contributed by atoms with Gasteiger partial charge in [0, 0.05) is 18.6 Å². The molecule has 4 rings (SSSR count). The standard InChI is InChI=1S/C42H38O12/c1-3-37(43)50-32-18-14-30(15-19-32)41(47)53-35-22-12-29(13-23-35)40(46)49-28-10-8-6-5-7-9-11-39(45)52-34-24-26-36(27-25-34)54-42(48)31-16-20-33(21-17-31)51-38(44)4-2/h3-4,12-27H,1-2,5-11,28H2. The topological polar surface area (TPSA) is 158 Å². The molecule has 0 fully saturated rings. The fourth-order valence-electron chi connectivity index (χ4n) is 4.71. The van der Waals surface area contributed by atoms with Crippen molar-refractivity contribution < 1.29 is 57.2 Å². The molecule has 0 atom stereocenters. The van der Waals surface area contributed by atoms with E-state index in [0.29, 0.717) is 24.2 Å². The molecule has 0 N–H and O–H groups in total. The molecular weight excluding hydrogens is 696 g/mol. The average molecular weight is 735 g/mol. The number of carbonyl (C=O) groups excluding carboxylic acids is 6. The monoisotopic (exact) mass is 734 g/mol. The highest BCUT2D eigenvalue weighted by Gasteiger charge is 2.13. The lowest BCUT2D eigenvalue weighted by atomic mass is 10.1. The summed E-state index contributed by atoms with van der Waals surface area (Å²) in [6.07, 6.45) is 7.22. The molecule has 0 unspecified atom stereocenters. The third-order valence-electron chi connectivity index (χ3n) is 7.53. The molecule has 0 heterocycles. The first kappa shape index (κ1) is 40.0. The van der Waals surface area contributed by atoms with Crippen LogP contribution in [0.4, 0.5) is 0 Å². The predicted octanol–water partition coefficient (Wildman–Crippen LogP) is 7.80. The highest BCUT2D eigenvalue weighted by atomic mass is 16.6. The first-order chi connectivity index (χ1) is 26.1. The molecule has 0 saturated carbocycles. The van der Waals surface area contributed by atoms with Crippen molar-refractivity contribution in [3.8, 4) is 28.7 Å². The second-order valence-electron chi connectivity index (χ2n) is 11.6. The third kappa shape index (κ3) is 13.4. The summed E-state index contributed by atoms with van der Waals surface area (Å²) in [6.45, 7) is 6.92. The summed E-state index contributed by atoms with van der Waals surface area (Å²) >= 11 is 0. The van der Waals surface area contributed by atoms with Crippen LogP contribution in [0.25, 0.3) is 0 Å². The van der Waals surface area contributed by atoms with E-state index >= 15 is 0 Å². The van der Waals surface area contributed by atoms with Gasteiger partial charge in [0.15, 0.2) is 0 Å². The van der Waals surface area contributed by atoms with Crippen molar-refractivity contribution in [1.29, 1.82) is 0 Å². The van der Waals surface area contributed by atoms with Gasteiger partial charge in [0.1, 0.15) is 28.7 Å².